The number of hydrogen-bond donors (Lipinski definition) is 1. The largest absolute Gasteiger partial charge is 0.241 e. The molecule has 0 spiro atoms. The van der Waals surface area contributed by atoms with Gasteiger partial charge in [0.05, 0.1) is 15.5 Å². The molecule has 0 aromatic heterocycles. The summed E-state index contributed by atoms with van der Waals surface area (Å²) in [6, 6.07) is 0. The second-order valence-corrected chi connectivity index (χ2v) is 48.8. The van der Waals surface area contributed by atoms with Crippen molar-refractivity contribution >= 4 is 113 Å². The predicted molar refractivity (Wildman–Crippen MR) is 122 cm³/mol. The summed E-state index contributed by atoms with van der Waals surface area (Å²) in [6.07, 6.45) is 0. The molecule has 94 valence electrons. The molecule has 0 heterocycles. The Morgan fingerprint density at radius 2 is 1.38 bits per heavy atom. The molecule has 0 bridgehead atoms. The lowest BCUT2D eigenvalue weighted by atomic mass is 13.9. The molecule has 9 unspecified atom stereocenters. The average Bonchev–Trinajstić information content (AvgIpc) is 2.09. The van der Waals surface area contributed by atoms with E-state index in [1.54, 1.807) is 0 Å². The molecule has 0 aromatic rings. The van der Waals surface area contributed by atoms with E-state index in [-0.39, 0.29) is 35.4 Å². The maximum absolute atomic E-state index is 7.90. The van der Waals surface area contributed by atoms with Gasteiger partial charge in [-0.2, -0.15) is 0 Å². The van der Waals surface area contributed by atoms with E-state index in [1.165, 1.54) is 8.06 Å². The highest BCUT2D eigenvalue weighted by Gasteiger charge is 2.27. The molecule has 0 aliphatic rings. The summed E-state index contributed by atoms with van der Waals surface area (Å²) in [5, 5.41) is 7.90. The molecular formula is H15N2P14+. The molecule has 0 aliphatic heterocycles. The number of rotatable bonds is 6. The molecular weight excluding hydrogens is 462 g/mol. The normalized spacial score (nSPS) is 15.8. The van der Waals surface area contributed by atoms with E-state index < -0.39 is 7.09 Å². The number of nitrogens with one attached hydrogen (secondary N) is 1. The summed E-state index contributed by atoms with van der Waals surface area (Å²) >= 11 is 0. The van der Waals surface area contributed by atoms with Crippen molar-refractivity contribution in [3.63, 3.8) is 0 Å². The highest BCUT2D eigenvalue weighted by Crippen LogP contribution is 3.02. The van der Waals surface area contributed by atoms with Crippen molar-refractivity contribution < 1.29 is 0 Å². The lowest BCUT2D eigenvalue weighted by molar-refractivity contribution is 1.65. The smallest absolute Gasteiger partial charge is 0.226 e. The Kier molecular flexibility index (Phi) is 15.8. The van der Waals surface area contributed by atoms with Crippen LogP contribution in [0.15, 0.2) is 4.52 Å². The van der Waals surface area contributed by atoms with Gasteiger partial charge >= 0.3 is 0 Å². The molecule has 9 atom stereocenters. The molecule has 16 heteroatoms. The van der Waals surface area contributed by atoms with Crippen molar-refractivity contribution in [1.29, 1.82) is 5.16 Å². The van der Waals surface area contributed by atoms with Gasteiger partial charge in [0.2, 0.25) is 14.1 Å². The van der Waals surface area contributed by atoms with Crippen LogP contribution in [0.25, 0.3) is 0 Å². The van der Waals surface area contributed by atoms with E-state index in [4.69, 9.17) is 9.68 Å². The first-order valence-electron chi connectivity index (χ1n) is 3.43. The van der Waals surface area contributed by atoms with E-state index in [1.807, 2.05) is 0 Å². The first-order chi connectivity index (χ1) is 7.27. The third-order valence-corrected chi connectivity index (χ3v) is 55.2. The van der Waals surface area contributed by atoms with Crippen LogP contribution in [0.1, 0.15) is 0 Å². The van der Waals surface area contributed by atoms with Crippen LogP contribution in [-0.4, -0.2) is 0 Å². The molecule has 0 aromatic carbocycles. The fourth-order valence-corrected chi connectivity index (χ4v) is 67.1. The Hall–Kier alpha value is 5.36. The Morgan fingerprint density at radius 3 is 1.62 bits per heavy atom. The van der Waals surface area contributed by atoms with Crippen LogP contribution in [0.4, 0.5) is 0 Å². The molecule has 2 nitrogen and oxygen atoms in total. The molecule has 0 fully saturated rings. The maximum Gasteiger partial charge on any atom is 0.241 e. The van der Waals surface area contributed by atoms with Gasteiger partial charge in [-0.05, 0) is 14.0 Å². The Labute approximate surface area is 122 Å². The second-order valence-electron chi connectivity index (χ2n) is 2.20. The van der Waals surface area contributed by atoms with E-state index in [0.717, 1.165) is 0 Å². The van der Waals surface area contributed by atoms with Crippen LogP contribution < -0.4 is 0 Å². The standard InChI is InChI=1S/H15N2P14/c1-11(3)16(15(8)9)10-2-12(13(4)5)14(6)7/h1H,3-9H2/q+1. The quantitative estimate of drug-likeness (QED) is 0.372. The first kappa shape index (κ1) is 21.4. The Balaban J connectivity index is 4.69. The van der Waals surface area contributed by atoms with Crippen LogP contribution >= 0.6 is 113 Å². The zero-order valence-electron chi connectivity index (χ0n) is 8.12. The Morgan fingerprint density at radius 1 is 0.938 bits per heavy atom. The van der Waals surface area contributed by atoms with E-state index >= 15 is 0 Å². The summed E-state index contributed by atoms with van der Waals surface area (Å²) in [6.45, 7) is -0.668. The summed E-state index contributed by atoms with van der Waals surface area (Å²) < 4.78 is 4.88. The second kappa shape index (κ2) is 11.9. The third kappa shape index (κ3) is 9.39. The summed E-state index contributed by atoms with van der Waals surface area (Å²) in [5.74, 6) is 0. The van der Waals surface area contributed by atoms with Crippen LogP contribution in [0.5, 0.6) is 0 Å². The van der Waals surface area contributed by atoms with Crippen LogP contribution in [0, 0.1) is 5.16 Å². The Bertz CT molecular complexity index is 231. The van der Waals surface area contributed by atoms with Gasteiger partial charge in [0.15, 0.2) is 0 Å². The summed E-state index contributed by atoms with van der Waals surface area (Å²) in [5.41, 5.74) is 0. The van der Waals surface area contributed by atoms with Crippen LogP contribution in [-0.2, 0) is 0 Å². The minimum absolute atomic E-state index is 0.118. The molecule has 1 N–H and O–H groups in total. The number of hydrogen-bond acceptors (Lipinski definition) is 2. The SMILES string of the molecule is N=[P+](P)P(P=NP(P(P)P)P(P)P)P(P)P. The van der Waals surface area contributed by atoms with E-state index in [0.29, 0.717) is 0 Å². The minimum atomic E-state index is -0.662. The van der Waals surface area contributed by atoms with Crippen molar-refractivity contribution in [2.75, 3.05) is 0 Å². The lowest BCUT2D eigenvalue weighted by Gasteiger charge is -2.19. The van der Waals surface area contributed by atoms with Gasteiger partial charge < -0.3 is 0 Å². The fourth-order valence-electron chi connectivity index (χ4n) is 0.484. The summed E-state index contributed by atoms with van der Waals surface area (Å²) in [4.78, 5) is 0. The van der Waals surface area contributed by atoms with Crippen LogP contribution in [0.2, 0.25) is 0 Å². The first-order valence-corrected chi connectivity index (χ1v) is 27.1. The monoisotopic (exact) mass is 477 g/mol. The predicted octanol–water partition coefficient (Wildman–Crippen LogP) is 8.79. The molecule has 0 rings (SSSR count). The average molecular weight is 477 g/mol. The highest BCUT2D eigenvalue weighted by atomic mass is 33.0. The molecule has 0 radical (unpaired) electrons. The molecule has 0 aliphatic carbocycles. The van der Waals surface area contributed by atoms with Gasteiger partial charge in [-0.25, -0.2) is 4.52 Å². The molecule has 0 saturated carbocycles. The van der Waals surface area contributed by atoms with Crippen molar-refractivity contribution in [2.45, 2.75) is 0 Å². The minimum Gasteiger partial charge on any atom is -0.226 e. The van der Waals surface area contributed by atoms with Crippen molar-refractivity contribution in [1.82, 2.24) is 0 Å². The third-order valence-electron chi connectivity index (χ3n) is 1.01. The van der Waals surface area contributed by atoms with Gasteiger partial charge in [0.25, 0.3) is 0 Å². The van der Waals surface area contributed by atoms with E-state index in [2.05, 4.69) is 62.5 Å². The number of nitrogens with zero attached hydrogens (tertiary/aromatic N) is 1. The van der Waals surface area contributed by atoms with Gasteiger partial charge in [0, 0.05) is 6.99 Å². The van der Waals surface area contributed by atoms with E-state index in [9.17, 15) is 0 Å². The topological polar surface area (TPSA) is 36.2 Å². The van der Waals surface area contributed by atoms with Gasteiger partial charge in [-0.1, -0.05) is 17.9 Å². The molecule has 16 heavy (non-hydrogen) atoms. The van der Waals surface area contributed by atoms with Gasteiger partial charge in [-0.3, -0.25) is 0 Å². The van der Waals surface area contributed by atoms with Crippen LogP contribution in [0.3, 0.4) is 0 Å². The fraction of sp³-hybridized carbons (Fsp3) is 0. The zero-order valence-corrected chi connectivity index (χ0v) is 22.5. The summed E-state index contributed by atoms with van der Waals surface area (Å²) in [7, 11) is 20.3. The van der Waals surface area contributed by atoms with Crippen molar-refractivity contribution in [3.05, 3.63) is 0 Å². The van der Waals surface area contributed by atoms with Crippen molar-refractivity contribution in [2.24, 2.45) is 4.52 Å². The highest BCUT2D eigenvalue weighted by molar-refractivity contribution is 9.01. The van der Waals surface area contributed by atoms with Gasteiger partial charge in [-0.15, -0.1) is 40.9 Å². The zero-order chi connectivity index (χ0) is 12.9. The van der Waals surface area contributed by atoms with Gasteiger partial charge in [0.1, 0.15) is 8.93 Å². The molecule has 0 amide bonds. The van der Waals surface area contributed by atoms with Crippen molar-refractivity contribution in [3.8, 4) is 0 Å². The lowest BCUT2D eigenvalue weighted by Crippen LogP contribution is -1.42. The molecule has 0 saturated heterocycles. The maximum atomic E-state index is 7.90.